The lowest BCUT2D eigenvalue weighted by atomic mass is 9.87. The Hall–Kier alpha value is -2.60. The first-order chi connectivity index (χ1) is 15.0. The molecular weight excluding hydrogens is 440 g/mol. The second-order valence-corrected chi connectivity index (χ2v) is 8.18. The number of carbonyl (C=O) groups is 1. The number of amides is 1. The first-order valence-electron chi connectivity index (χ1n) is 9.82. The number of phenols is 1. The molecular formula is C24H20Cl2FNO3. The van der Waals surface area contributed by atoms with Gasteiger partial charge in [0.25, 0.3) is 0 Å². The molecule has 1 aliphatic rings. The molecule has 1 N–H and O–H groups in total. The average Bonchev–Trinajstić information content (AvgIpc) is 2.76. The van der Waals surface area contributed by atoms with E-state index in [2.05, 4.69) is 0 Å². The van der Waals surface area contributed by atoms with E-state index in [0.717, 1.165) is 5.56 Å². The molecule has 0 saturated carbocycles. The van der Waals surface area contributed by atoms with Gasteiger partial charge in [-0.1, -0.05) is 53.5 Å². The summed E-state index contributed by atoms with van der Waals surface area (Å²) in [6.07, 6.45) is 0.371. The number of aromatic hydroxyl groups is 1. The summed E-state index contributed by atoms with van der Waals surface area (Å²) < 4.78 is 20.1. The van der Waals surface area contributed by atoms with Gasteiger partial charge in [-0.2, -0.15) is 0 Å². The normalized spacial score (nSPS) is 15.6. The number of fused-ring (bicyclic) bond motifs is 1. The fourth-order valence-electron chi connectivity index (χ4n) is 3.92. The highest BCUT2D eigenvalue weighted by Crippen LogP contribution is 2.40. The Kier molecular flexibility index (Phi) is 6.46. The number of carbonyl (C=O) groups excluding carboxylic acids is 1. The number of hydrogen-bond acceptors (Lipinski definition) is 3. The second-order valence-electron chi connectivity index (χ2n) is 7.33. The molecule has 3 aromatic rings. The van der Waals surface area contributed by atoms with Gasteiger partial charge in [-0.05, 0) is 53.4 Å². The minimum Gasteiger partial charge on any atom is -0.508 e. The van der Waals surface area contributed by atoms with Crippen molar-refractivity contribution < 1.29 is 19.0 Å². The molecule has 4 nitrogen and oxygen atoms in total. The lowest BCUT2D eigenvalue weighted by molar-refractivity contribution is -0.138. The molecule has 0 spiro atoms. The van der Waals surface area contributed by atoms with E-state index in [4.69, 9.17) is 27.9 Å². The highest BCUT2D eigenvalue weighted by molar-refractivity contribution is 6.31. The molecule has 0 saturated heterocycles. The lowest BCUT2D eigenvalue weighted by Crippen LogP contribution is -2.42. The van der Waals surface area contributed by atoms with Crippen molar-refractivity contribution in [3.8, 4) is 5.75 Å². The minimum absolute atomic E-state index is 0.0127. The van der Waals surface area contributed by atoms with Crippen LogP contribution in [0.15, 0.2) is 60.7 Å². The van der Waals surface area contributed by atoms with Gasteiger partial charge in [0.2, 0.25) is 5.91 Å². The summed E-state index contributed by atoms with van der Waals surface area (Å²) >= 11 is 12.3. The summed E-state index contributed by atoms with van der Waals surface area (Å²) in [5, 5.41) is 11.5. The fourth-order valence-corrected chi connectivity index (χ4v) is 4.29. The molecule has 4 rings (SSSR count). The zero-order chi connectivity index (χ0) is 22.0. The van der Waals surface area contributed by atoms with Gasteiger partial charge in [-0.3, -0.25) is 4.79 Å². The summed E-state index contributed by atoms with van der Waals surface area (Å²) in [4.78, 5) is 14.7. The van der Waals surface area contributed by atoms with Gasteiger partial charge in [0.05, 0.1) is 12.6 Å². The van der Waals surface area contributed by atoms with E-state index in [-0.39, 0.29) is 30.7 Å². The Bertz CT molecular complexity index is 1120. The van der Waals surface area contributed by atoms with Gasteiger partial charge >= 0.3 is 0 Å². The molecule has 3 aromatic carbocycles. The molecule has 7 heteroatoms. The highest BCUT2D eigenvalue weighted by Gasteiger charge is 2.34. The van der Waals surface area contributed by atoms with Crippen LogP contribution in [0.3, 0.4) is 0 Å². The van der Waals surface area contributed by atoms with E-state index in [1.807, 2.05) is 18.2 Å². The van der Waals surface area contributed by atoms with E-state index in [0.29, 0.717) is 39.7 Å². The lowest BCUT2D eigenvalue weighted by Gasteiger charge is -2.38. The summed E-state index contributed by atoms with van der Waals surface area (Å²) in [7, 11) is 0. The maximum atomic E-state index is 14.5. The maximum Gasteiger partial charge on any atom is 0.249 e. The Labute approximate surface area is 189 Å². The van der Waals surface area contributed by atoms with Crippen LogP contribution in [-0.4, -0.2) is 29.1 Å². The third-order valence-electron chi connectivity index (χ3n) is 5.41. The Morgan fingerprint density at radius 3 is 2.71 bits per heavy atom. The van der Waals surface area contributed by atoms with Crippen molar-refractivity contribution in [1.82, 2.24) is 4.90 Å². The third kappa shape index (κ3) is 4.54. The molecule has 1 atom stereocenters. The SMILES string of the molecule is O=C(COCc1ccccc1Cl)N1CCc2c(F)cccc2C1c1cc(Cl)ccc1O. The van der Waals surface area contributed by atoms with Crippen molar-refractivity contribution in [1.29, 1.82) is 0 Å². The van der Waals surface area contributed by atoms with Crippen LogP contribution in [0, 0.1) is 5.82 Å². The first-order valence-corrected chi connectivity index (χ1v) is 10.6. The predicted octanol–water partition coefficient (Wildman–Crippen LogP) is 5.53. The largest absolute Gasteiger partial charge is 0.508 e. The summed E-state index contributed by atoms with van der Waals surface area (Å²) in [6, 6.07) is 16.0. The van der Waals surface area contributed by atoms with Gasteiger partial charge in [0.15, 0.2) is 0 Å². The minimum atomic E-state index is -0.672. The number of nitrogens with zero attached hydrogens (tertiary/aromatic N) is 1. The van der Waals surface area contributed by atoms with Crippen LogP contribution < -0.4 is 0 Å². The molecule has 1 unspecified atom stereocenters. The van der Waals surface area contributed by atoms with Crippen LogP contribution in [0.1, 0.15) is 28.3 Å². The maximum absolute atomic E-state index is 14.5. The molecule has 0 aliphatic carbocycles. The monoisotopic (exact) mass is 459 g/mol. The summed E-state index contributed by atoms with van der Waals surface area (Å²) in [5.74, 6) is -0.612. The van der Waals surface area contributed by atoms with Crippen LogP contribution >= 0.6 is 23.2 Å². The van der Waals surface area contributed by atoms with E-state index in [1.54, 1.807) is 35.2 Å². The van der Waals surface area contributed by atoms with Crippen LogP contribution in [0.5, 0.6) is 5.75 Å². The molecule has 0 aromatic heterocycles. The van der Waals surface area contributed by atoms with Gasteiger partial charge in [-0.15, -0.1) is 0 Å². The standard InChI is InChI=1S/C24H20Cl2FNO3/c25-16-8-9-22(29)19(12-16)24-18-5-3-7-21(27)17(18)10-11-28(24)23(30)14-31-13-15-4-1-2-6-20(15)26/h1-9,12,24,29H,10-11,13-14H2. The zero-order valence-electron chi connectivity index (χ0n) is 16.5. The molecule has 0 radical (unpaired) electrons. The predicted molar refractivity (Wildman–Crippen MR) is 118 cm³/mol. The fraction of sp³-hybridized carbons (Fsp3) is 0.208. The van der Waals surface area contributed by atoms with Crippen molar-refractivity contribution in [2.75, 3.05) is 13.2 Å². The molecule has 0 bridgehead atoms. The molecule has 0 fully saturated rings. The van der Waals surface area contributed by atoms with Crippen molar-refractivity contribution in [2.45, 2.75) is 19.1 Å². The molecule has 1 aliphatic heterocycles. The van der Waals surface area contributed by atoms with Gasteiger partial charge in [0.1, 0.15) is 18.2 Å². The van der Waals surface area contributed by atoms with E-state index in [1.165, 1.54) is 12.1 Å². The smallest absolute Gasteiger partial charge is 0.249 e. The van der Waals surface area contributed by atoms with Crippen LogP contribution in [0.25, 0.3) is 0 Å². The van der Waals surface area contributed by atoms with Gasteiger partial charge < -0.3 is 14.7 Å². The summed E-state index contributed by atoms with van der Waals surface area (Å²) in [6.45, 7) is 0.310. The molecule has 1 heterocycles. The average molecular weight is 460 g/mol. The Balaban J connectivity index is 1.61. The topological polar surface area (TPSA) is 49.8 Å². The van der Waals surface area contributed by atoms with E-state index in [9.17, 15) is 14.3 Å². The van der Waals surface area contributed by atoms with Crippen molar-refractivity contribution in [3.05, 3.63) is 98.8 Å². The number of hydrogen-bond donors (Lipinski definition) is 1. The molecule has 1 amide bonds. The van der Waals surface area contributed by atoms with Gasteiger partial charge in [0, 0.05) is 22.2 Å². The quantitative estimate of drug-likeness (QED) is 0.545. The van der Waals surface area contributed by atoms with Crippen LogP contribution in [0.4, 0.5) is 4.39 Å². The molecule has 160 valence electrons. The van der Waals surface area contributed by atoms with Crippen LogP contribution in [0.2, 0.25) is 10.0 Å². The number of benzene rings is 3. The van der Waals surface area contributed by atoms with Crippen molar-refractivity contribution >= 4 is 29.1 Å². The van der Waals surface area contributed by atoms with E-state index >= 15 is 0 Å². The number of halogens is 3. The summed E-state index contributed by atoms with van der Waals surface area (Å²) in [5.41, 5.74) is 2.39. The Morgan fingerprint density at radius 1 is 1.10 bits per heavy atom. The third-order valence-corrected chi connectivity index (χ3v) is 6.01. The zero-order valence-corrected chi connectivity index (χ0v) is 18.0. The van der Waals surface area contributed by atoms with Gasteiger partial charge in [-0.25, -0.2) is 4.39 Å². The van der Waals surface area contributed by atoms with E-state index < -0.39 is 6.04 Å². The number of rotatable bonds is 5. The second kappa shape index (κ2) is 9.27. The first kappa shape index (κ1) is 21.6. The number of ether oxygens (including phenoxy) is 1. The van der Waals surface area contributed by atoms with Crippen molar-refractivity contribution in [3.63, 3.8) is 0 Å². The highest BCUT2D eigenvalue weighted by atomic mass is 35.5. The molecule has 31 heavy (non-hydrogen) atoms. The van der Waals surface area contributed by atoms with Crippen molar-refractivity contribution in [2.24, 2.45) is 0 Å². The van der Waals surface area contributed by atoms with Crippen LogP contribution in [-0.2, 0) is 22.6 Å². The number of phenolic OH excluding ortho intramolecular Hbond substituents is 1. The Morgan fingerprint density at radius 2 is 1.90 bits per heavy atom.